The van der Waals surface area contributed by atoms with Crippen molar-refractivity contribution in [2.24, 2.45) is 10.7 Å². The second-order valence-corrected chi connectivity index (χ2v) is 6.74. The third kappa shape index (κ3) is 2.50. The van der Waals surface area contributed by atoms with Gasteiger partial charge in [0.15, 0.2) is 5.96 Å². The first kappa shape index (κ1) is 14.7. The number of carbonyl (C=O) groups excluding carboxylic acids is 1. The first-order valence-corrected chi connectivity index (χ1v) is 7.90. The van der Waals surface area contributed by atoms with Gasteiger partial charge in [0.1, 0.15) is 5.54 Å². The number of guanidine groups is 1. The van der Waals surface area contributed by atoms with Crippen LogP contribution in [0.25, 0.3) is 11.1 Å². The molecule has 114 valence electrons. The van der Waals surface area contributed by atoms with Crippen molar-refractivity contribution in [2.45, 2.75) is 25.8 Å². The van der Waals surface area contributed by atoms with Gasteiger partial charge in [0.2, 0.25) is 5.91 Å². The van der Waals surface area contributed by atoms with Crippen LogP contribution in [0.3, 0.4) is 0 Å². The van der Waals surface area contributed by atoms with E-state index in [9.17, 15) is 4.79 Å². The fraction of sp³-hybridized carbons (Fsp3) is 0.312. The lowest BCUT2D eigenvalue weighted by atomic mass is 9.93. The van der Waals surface area contributed by atoms with Gasteiger partial charge in [-0.25, -0.2) is 4.99 Å². The highest BCUT2D eigenvalue weighted by Crippen LogP contribution is 2.38. The average molecular weight is 314 g/mol. The van der Waals surface area contributed by atoms with Crippen LogP contribution >= 0.6 is 11.3 Å². The Labute approximate surface area is 133 Å². The van der Waals surface area contributed by atoms with E-state index in [2.05, 4.69) is 27.5 Å². The zero-order chi connectivity index (χ0) is 15.9. The van der Waals surface area contributed by atoms with Crippen molar-refractivity contribution in [3.05, 3.63) is 40.3 Å². The minimum absolute atomic E-state index is 0.0119. The predicted molar refractivity (Wildman–Crippen MR) is 88.6 cm³/mol. The Balaban J connectivity index is 1.99. The molecule has 0 fully saturated rings. The molecule has 3 rings (SSSR count). The molecular formula is C16H18N4OS. The largest absolute Gasteiger partial charge is 0.369 e. The molecule has 0 aromatic carbocycles. The monoisotopic (exact) mass is 314 g/mol. The second kappa shape index (κ2) is 5.21. The van der Waals surface area contributed by atoms with Crippen LogP contribution in [0.1, 0.15) is 23.8 Å². The zero-order valence-electron chi connectivity index (χ0n) is 12.8. The highest BCUT2D eigenvalue weighted by atomic mass is 32.1. The van der Waals surface area contributed by atoms with Crippen molar-refractivity contribution in [3.63, 3.8) is 0 Å². The maximum atomic E-state index is 12.1. The summed E-state index contributed by atoms with van der Waals surface area (Å²) in [7, 11) is 1.65. The zero-order valence-corrected chi connectivity index (χ0v) is 13.6. The molecule has 0 saturated carbocycles. The number of thiophene rings is 1. The standard InChI is InChI=1S/C16H18N4OS/c1-10-4-11(8-18-7-10)12-5-13(22-9-12)16(2)6-14(21)20(3)15(17)19-16/h4-5,7-9H,6H2,1-3H3,(H2,17,19)/t16-/m0/s1. The Morgan fingerprint density at radius 1 is 1.32 bits per heavy atom. The van der Waals surface area contributed by atoms with E-state index in [-0.39, 0.29) is 11.9 Å². The molecule has 0 saturated heterocycles. The van der Waals surface area contributed by atoms with Gasteiger partial charge >= 0.3 is 0 Å². The number of amides is 1. The number of nitrogens with two attached hydrogens (primary N) is 1. The molecule has 5 nitrogen and oxygen atoms in total. The molecule has 1 aliphatic heterocycles. The van der Waals surface area contributed by atoms with Gasteiger partial charge in [-0.05, 0) is 42.5 Å². The minimum atomic E-state index is -0.589. The number of aromatic nitrogens is 1. The van der Waals surface area contributed by atoms with Gasteiger partial charge in [0, 0.05) is 29.9 Å². The van der Waals surface area contributed by atoms with Crippen LogP contribution in [-0.4, -0.2) is 28.8 Å². The van der Waals surface area contributed by atoms with E-state index in [0.717, 1.165) is 21.6 Å². The third-order valence-electron chi connectivity index (χ3n) is 3.91. The van der Waals surface area contributed by atoms with Gasteiger partial charge in [-0.3, -0.25) is 14.7 Å². The molecule has 2 aromatic rings. The van der Waals surface area contributed by atoms with E-state index >= 15 is 0 Å². The lowest BCUT2D eigenvalue weighted by molar-refractivity contribution is -0.128. The fourth-order valence-electron chi connectivity index (χ4n) is 2.53. The Morgan fingerprint density at radius 3 is 2.77 bits per heavy atom. The van der Waals surface area contributed by atoms with Crippen LogP contribution in [0.15, 0.2) is 34.9 Å². The van der Waals surface area contributed by atoms with Crippen molar-refractivity contribution in [1.82, 2.24) is 9.88 Å². The molecule has 1 atom stereocenters. The van der Waals surface area contributed by atoms with Crippen molar-refractivity contribution < 1.29 is 4.79 Å². The first-order chi connectivity index (χ1) is 10.4. The molecule has 0 bridgehead atoms. The van der Waals surface area contributed by atoms with Crippen LogP contribution in [0.4, 0.5) is 0 Å². The van der Waals surface area contributed by atoms with Crippen molar-refractivity contribution >= 4 is 23.2 Å². The summed E-state index contributed by atoms with van der Waals surface area (Å²) in [5.41, 5.74) is 8.56. The maximum Gasteiger partial charge on any atom is 0.231 e. The molecule has 22 heavy (non-hydrogen) atoms. The molecule has 2 N–H and O–H groups in total. The summed E-state index contributed by atoms with van der Waals surface area (Å²) >= 11 is 1.60. The Kier molecular flexibility index (Phi) is 3.48. The molecular weight excluding hydrogens is 296 g/mol. The van der Waals surface area contributed by atoms with E-state index in [4.69, 9.17) is 5.73 Å². The summed E-state index contributed by atoms with van der Waals surface area (Å²) in [6.45, 7) is 3.97. The van der Waals surface area contributed by atoms with Crippen LogP contribution < -0.4 is 5.73 Å². The number of aliphatic imine (C=N–C) groups is 1. The number of carbonyl (C=O) groups is 1. The van der Waals surface area contributed by atoms with Gasteiger partial charge in [0.05, 0.1) is 6.42 Å². The first-order valence-electron chi connectivity index (χ1n) is 7.02. The number of hydrogen-bond acceptors (Lipinski definition) is 5. The van der Waals surface area contributed by atoms with E-state index in [1.165, 1.54) is 4.90 Å². The molecule has 2 aromatic heterocycles. The summed E-state index contributed by atoms with van der Waals surface area (Å²) < 4.78 is 0. The maximum absolute atomic E-state index is 12.1. The topological polar surface area (TPSA) is 71.6 Å². The smallest absolute Gasteiger partial charge is 0.231 e. The summed E-state index contributed by atoms with van der Waals surface area (Å²) in [4.78, 5) is 23.3. The molecule has 6 heteroatoms. The molecule has 1 amide bonds. The number of aryl methyl sites for hydroxylation is 1. The molecule has 0 unspecified atom stereocenters. The van der Waals surface area contributed by atoms with Crippen LogP contribution in [0.2, 0.25) is 0 Å². The van der Waals surface area contributed by atoms with Crippen LogP contribution in [-0.2, 0) is 10.3 Å². The SMILES string of the molecule is Cc1cncc(-c2csc([C@]3(C)CC(=O)N(C)C(N)=N3)c2)c1. The molecule has 0 radical (unpaired) electrons. The normalized spacial score (nSPS) is 21.9. The van der Waals surface area contributed by atoms with Crippen LogP contribution in [0, 0.1) is 6.92 Å². The third-order valence-corrected chi connectivity index (χ3v) is 5.10. The summed E-state index contributed by atoms with van der Waals surface area (Å²) in [5.74, 6) is 0.257. The second-order valence-electron chi connectivity index (χ2n) is 5.82. The average Bonchev–Trinajstić information content (AvgIpc) is 2.95. The quantitative estimate of drug-likeness (QED) is 0.926. The summed E-state index contributed by atoms with van der Waals surface area (Å²) in [5, 5.41) is 2.07. The van der Waals surface area contributed by atoms with E-state index in [1.54, 1.807) is 18.4 Å². The van der Waals surface area contributed by atoms with Gasteiger partial charge in [-0.15, -0.1) is 11.3 Å². The summed E-state index contributed by atoms with van der Waals surface area (Å²) in [6.07, 6.45) is 4.01. The van der Waals surface area contributed by atoms with Gasteiger partial charge in [-0.1, -0.05) is 0 Å². The number of rotatable bonds is 2. The van der Waals surface area contributed by atoms with Crippen LogP contribution in [0.5, 0.6) is 0 Å². The lowest BCUT2D eigenvalue weighted by Gasteiger charge is -2.32. The number of pyridine rings is 1. The number of nitrogens with zero attached hydrogens (tertiary/aromatic N) is 3. The van der Waals surface area contributed by atoms with Gasteiger partial charge in [-0.2, -0.15) is 0 Å². The highest BCUT2D eigenvalue weighted by molar-refractivity contribution is 7.10. The Morgan fingerprint density at radius 2 is 2.09 bits per heavy atom. The highest BCUT2D eigenvalue weighted by Gasteiger charge is 2.37. The van der Waals surface area contributed by atoms with Crippen molar-refractivity contribution in [2.75, 3.05) is 7.05 Å². The van der Waals surface area contributed by atoms with E-state index in [1.807, 2.05) is 26.2 Å². The van der Waals surface area contributed by atoms with Crippen molar-refractivity contribution in [1.29, 1.82) is 0 Å². The van der Waals surface area contributed by atoms with Gasteiger partial charge < -0.3 is 5.73 Å². The Bertz CT molecular complexity index is 767. The van der Waals surface area contributed by atoms with E-state index < -0.39 is 5.54 Å². The number of hydrogen-bond donors (Lipinski definition) is 1. The lowest BCUT2D eigenvalue weighted by Crippen LogP contribution is -2.47. The summed E-state index contributed by atoms with van der Waals surface area (Å²) in [6, 6.07) is 4.18. The predicted octanol–water partition coefficient (Wildman–Crippen LogP) is 2.51. The molecule has 1 aliphatic rings. The van der Waals surface area contributed by atoms with Gasteiger partial charge in [0.25, 0.3) is 0 Å². The molecule has 0 aliphatic carbocycles. The fourth-order valence-corrected chi connectivity index (χ4v) is 3.56. The van der Waals surface area contributed by atoms with Crippen molar-refractivity contribution in [3.8, 4) is 11.1 Å². The van der Waals surface area contributed by atoms with E-state index in [0.29, 0.717) is 6.42 Å². The molecule has 0 spiro atoms. The minimum Gasteiger partial charge on any atom is -0.369 e. The Hall–Kier alpha value is -2.21. The molecule has 3 heterocycles.